The van der Waals surface area contributed by atoms with Crippen molar-refractivity contribution in [3.8, 4) is 0 Å². The maximum absolute atomic E-state index is 11.3. The normalized spacial score (nSPS) is 10.9. The lowest BCUT2D eigenvalue weighted by Crippen LogP contribution is -2.13. The van der Waals surface area contributed by atoms with Crippen molar-refractivity contribution < 1.29 is 4.79 Å². The van der Waals surface area contributed by atoms with Gasteiger partial charge in [0, 0.05) is 4.90 Å². The minimum Gasteiger partial charge on any atom is -0.397 e. The Balaban J connectivity index is 1.98. The van der Waals surface area contributed by atoms with Gasteiger partial charge in [0.05, 0.1) is 22.3 Å². The largest absolute Gasteiger partial charge is 0.397 e. The van der Waals surface area contributed by atoms with Crippen LogP contribution in [0.1, 0.15) is 15.9 Å². The highest BCUT2D eigenvalue weighted by atomic mass is 32.2. The number of hydrogen-bond donors (Lipinski definition) is 3. The number of carbonyl (C=O) groups is 1. The van der Waals surface area contributed by atoms with Gasteiger partial charge in [-0.1, -0.05) is 12.1 Å². The number of anilines is 1. The summed E-state index contributed by atoms with van der Waals surface area (Å²) >= 11 is 1.38. The molecule has 6 heteroatoms. The fraction of sp³-hybridized carbons (Fsp3) is 0.0667. The molecule has 2 aromatic carbocycles. The van der Waals surface area contributed by atoms with Gasteiger partial charge in [0.1, 0.15) is 0 Å². The van der Waals surface area contributed by atoms with Crippen LogP contribution >= 0.6 is 11.8 Å². The maximum atomic E-state index is 11.3. The summed E-state index contributed by atoms with van der Waals surface area (Å²) in [5.74, 6) is -0.532. The number of nitrogens with two attached hydrogens (primary N) is 2. The van der Waals surface area contributed by atoms with E-state index in [1.54, 1.807) is 12.1 Å². The highest BCUT2D eigenvalue weighted by molar-refractivity contribution is 7.99. The third-order valence-corrected chi connectivity index (χ3v) is 4.12. The Bertz CT molecular complexity index is 841. The van der Waals surface area contributed by atoms with Gasteiger partial charge in [0.25, 0.3) is 5.91 Å². The minimum absolute atomic E-state index is 0.326. The Labute approximate surface area is 125 Å². The lowest BCUT2D eigenvalue weighted by atomic mass is 10.2. The lowest BCUT2D eigenvalue weighted by Gasteiger charge is -2.06. The average Bonchev–Trinajstić information content (AvgIpc) is 2.82. The van der Waals surface area contributed by atoms with Crippen LogP contribution in [0.3, 0.4) is 0 Å². The summed E-state index contributed by atoms with van der Waals surface area (Å²) in [5.41, 5.74) is 15.0. The Morgan fingerprint density at radius 2 is 2.10 bits per heavy atom. The van der Waals surface area contributed by atoms with Crippen LogP contribution in [0.2, 0.25) is 0 Å². The number of para-hydroxylation sites is 1. The molecule has 0 aliphatic heterocycles. The first-order valence-corrected chi connectivity index (χ1v) is 7.19. The SMILES string of the molecule is Cc1ccc2nc(Sc3cccc(C(N)=O)c3N)[nH]c2c1. The summed E-state index contributed by atoms with van der Waals surface area (Å²) in [4.78, 5) is 19.8. The molecule has 0 unspecified atom stereocenters. The monoisotopic (exact) mass is 298 g/mol. The van der Waals surface area contributed by atoms with Gasteiger partial charge in [-0.15, -0.1) is 0 Å². The van der Waals surface area contributed by atoms with Crippen LogP contribution in [0, 0.1) is 6.92 Å². The molecule has 1 heterocycles. The van der Waals surface area contributed by atoms with E-state index in [1.807, 2.05) is 31.2 Å². The summed E-state index contributed by atoms with van der Waals surface area (Å²) in [6, 6.07) is 11.2. The molecule has 21 heavy (non-hydrogen) atoms. The van der Waals surface area contributed by atoms with Crippen molar-refractivity contribution in [1.29, 1.82) is 0 Å². The number of H-pyrrole nitrogens is 1. The van der Waals surface area contributed by atoms with Crippen LogP contribution in [-0.2, 0) is 0 Å². The van der Waals surface area contributed by atoms with Crippen molar-refractivity contribution in [2.24, 2.45) is 5.73 Å². The summed E-state index contributed by atoms with van der Waals surface area (Å²) in [5, 5.41) is 0.726. The van der Waals surface area contributed by atoms with Gasteiger partial charge in [0.2, 0.25) is 0 Å². The van der Waals surface area contributed by atoms with Crippen molar-refractivity contribution in [3.05, 3.63) is 47.5 Å². The number of aromatic nitrogens is 2. The summed E-state index contributed by atoms with van der Waals surface area (Å²) in [7, 11) is 0. The molecule has 3 aromatic rings. The number of primary amides is 1. The van der Waals surface area contributed by atoms with Crippen LogP contribution in [0.5, 0.6) is 0 Å². The third-order valence-electron chi connectivity index (χ3n) is 3.15. The Hall–Kier alpha value is -2.47. The molecule has 0 fully saturated rings. The zero-order chi connectivity index (χ0) is 15.0. The summed E-state index contributed by atoms with van der Waals surface area (Å²) in [6.45, 7) is 2.03. The summed E-state index contributed by atoms with van der Waals surface area (Å²) < 4.78 is 0. The maximum Gasteiger partial charge on any atom is 0.250 e. The Morgan fingerprint density at radius 3 is 2.86 bits per heavy atom. The highest BCUT2D eigenvalue weighted by Crippen LogP contribution is 2.33. The van der Waals surface area contributed by atoms with Gasteiger partial charge < -0.3 is 16.5 Å². The molecule has 0 spiro atoms. The number of imidazole rings is 1. The van der Waals surface area contributed by atoms with E-state index in [4.69, 9.17) is 11.5 Å². The number of hydrogen-bond acceptors (Lipinski definition) is 4. The number of nitrogen functional groups attached to an aromatic ring is 1. The molecule has 106 valence electrons. The highest BCUT2D eigenvalue weighted by Gasteiger charge is 2.12. The molecule has 5 nitrogen and oxygen atoms in total. The molecule has 0 bridgehead atoms. The van der Waals surface area contributed by atoms with Crippen molar-refractivity contribution in [1.82, 2.24) is 9.97 Å². The van der Waals surface area contributed by atoms with Gasteiger partial charge in [-0.05, 0) is 48.5 Å². The van der Waals surface area contributed by atoms with Gasteiger partial charge >= 0.3 is 0 Å². The molecule has 0 atom stereocenters. The standard InChI is InChI=1S/C15H14N4OS/c1-8-5-6-10-11(7-8)19-15(18-10)21-12-4-2-3-9(13(12)16)14(17)20/h2-7H,16H2,1H3,(H2,17,20)(H,18,19). The number of nitrogens with one attached hydrogen (secondary N) is 1. The van der Waals surface area contributed by atoms with Crippen LogP contribution in [0.25, 0.3) is 11.0 Å². The number of rotatable bonds is 3. The molecule has 0 aliphatic rings. The third kappa shape index (κ3) is 2.57. The number of nitrogens with zero attached hydrogens (tertiary/aromatic N) is 1. The first-order valence-electron chi connectivity index (χ1n) is 6.37. The molecule has 5 N–H and O–H groups in total. The quantitative estimate of drug-likeness (QED) is 0.647. The Kier molecular flexibility index (Phi) is 3.31. The molecular weight excluding hydrogens is 284 g/mol. The fourth-order valence-electron chi connectivity index (χ4n) is 2.10. The molecular formula is C15H14N4OS. The zero-order valence-electron chi connectivity index (χ0n) is 11.4. The number of aryl methyl sites for hydroxylation is 1. The van der Waals surface area contributed by atoms with E-state index >= 15 is 0 Å². The first kappa shape index (κ1) is 13.5. The Morgan fingerprint density at radius 1 is 1.29 bits per heavy atom. The van der Waals surface area contributed by atoms with Crippen LogP contribution in [0.4, 0.5) is 5.69 Å². The van der Waals surface area contributed by atoms with E-state index in [0.717, 1.165) is 26.6 Å². The van der Waals surface area contributed by atoms with Crippen molar-refractivity contribution >= 4 is 34.4 Å². The molecule has 3 rings (SSSR count). The van der Waals surface area contributed by atoms with Crippen molar-refractivity contribution in [2.75, 3.05) is 5.73 Å². The van der Waals surface area contributed by atoms with Gasteiger partial charge in [0.15, 0.2) is 5.16 Å². The van der Waals surface area contributed by atoms with Gasteiger partial charge in [-0.25, -0.2) is 4.98 Å². The van der Waals surface area contributed by atoms with Crippen LogP contribution in [-0.4, -0.2) is 15.9 Å². The van der Waals surface area contributed by atoms with Crippen molar-refractivity contribution in [2.45, 2.75) is 17.0 Å². The average molecular weight is 298 g/mol. The fourth-order valence-corrected chi connectivity index (χ4v) is 2.98. The molecule has 1 aromatic heterocycles. The second-order valence-electron chi connectivity index (χ2n) is 4.75. The number of amides is 1. The van der Waals surface area contributed by atoms with Crippen LogP contribution in [0.15, 0.2) is 46.5 Å². The second-order valence-corrected chi connectivity index (χ2v) is 5.78. The topological polar surface area (TPSA) is 97.8 Å². The van der Waals surface area contributed by atoms with Gasteiger partial charge in [-0.2, -0.15) is 0 Å². The first-order chi connectivity index (χ1) is 10.0. The summed E-state index contributed by atoms with van der Waals surface area (Å²) in [6.07, 6.45) is 0. The van der Waals surface area contributed by atoms with Crippen molar-refractivity contribution in [3.63, 3.8) is 0 Å². The van der Waals surface area contributed by atoms with E-state index in [-0.39, 0.29) is 0 Å². The molecule has 1 amide bonds. The smallest absolute Gasteiger partial charge is 0.250 e. The van der Waals surface area contributed by atoms with E-state index in [9.17, 15) is 4.79 Å². The number of benzene rings is 2. The number of carbonyl (C=O) groups excluding carboxylic acids is 1. The van der Waals surface area contributed by atoms with E-state index in [1.165, 1.54) is 11.8 Å². The number of fused-ring (bicyclic) bond motifs is 1. The van der Waals surface area contributed by atoms with E-state index in [2.05, 4.69) is 9.97 Å². The lowest BCUT2D eigenvalue weighted by molar-refractivity contribution is 0.100. The second kappa shape index (κ2) is 5.14. The van der Waals surface area contributed by atoms with E-state index in [0.29, 0.717) is 11.3 Å². The van der Waals surface area contributed by atoms with Crippen LogP contribution < -0.4 is 11.5 Å². The molecule has 0 radical (unpaired) electrons. The van der Waals surface area contributed by atoms with Gasteiger partial charge in [-0.3, -0.25) is 4.79 Å². The minimum atomic E-state index is -0.532. The molecule has 0 saturated carbocycles. The zero-order valence-corrected chi connectivity index (χ0v) is 12.2. The predicted octanol–water partition coefficient (Wildman–Crippen LogP) is 2.70. The predicted molar refractivity (Wildman–Crippen MR) is 84.3 cm³/mol. The molecule has 0 aliphatic carbocycles. The van der Waals surface area contributed by atoms with E-state index < -0.39 is 5.91 Å². The number of aromatic amines is 1. The molecule has 0 saturated heterocycles.